The van der Waals surface area contributed by atoms with Crippen molar-refractivity contribution in [2.75, 3.05) is 0 Å². The van der Waals surface area contributed by atoms with E-state index >= 15 is 0 Å². The number of rotatable bonds is 4. The van der Waals surface area contributed by atoms with Crippen LogP contribution in [0.5, 0.6) is 0 Å². The summed E-state index contributed by atoms with van der Waals surface area (Å²) in [5.74, 6) is 1.46. The molecule has 0 heterocycles. The van der Waals surface area contributed by atoms with Crippen LogP contribution in [0.25, 0.3) is 0 Å². The fraction of sp³-hybridized carbons (Fsp3) is 0.533. The van der Waals surface area contributed by atoms with E-state index in [-0.39, 0.29) is 11.8 Å². The number of alkyl halides is 1. The maximum Gasteiger partial charge on any atom is 0.223 e. The van der Waals surface area contributed by atoms with Gasteiger partial charge in [0.25, 0.3) is 0 Å². The number of halogens is 1. The first-order valence-corrected chi connectivity index (χ1v) is 7.15. The summed E-state index contributed by atoms with van der Waals surface area (Å²) in [6.07, 6.45) is 3.40. The van der Waals surface area contributed by atoms with Gasteiger partial charge in [0, 0.05) is 18.3 Å². The van der Waals surface area contributed by atoms with Crippen LogP contribution in [0, 0.1) is 11.8 Å². The Balaban J connectivity index is 1.88. The average Bonchev–Trinajstić information content (AvgIpc) is 2.82. The summed E-state index contributed by atoms with van der Waals surface area (Å²) in [5, 5.41) is 3.04. The molecule has 0 aliphatic heterocycles. The van der Waals surface area contributed by atoms with Crippen molar-refractivity contribution in [1.29, 1.82) is 0 Å². The van der Waals surface area contributed by atoms with E-state index in [9.17, 15) is 4.79 Å². The highest BCUT2D eigenvalue weighted by molar-refractivity contribution is 6.17. The van der Waals surface area contributed by atoms with E-state index < -0.39 is 0 Å². The monoisotopic (exact) mass is 265 g/mol. The maximum atomic E-state index is 12.0. The molecule has 0 saturated heterocycles. The molecule has 0 spiro atoms. The van der Waals surface area contributed by atoms with Gasteiger partial charge in [-0.2, -0.15) is 0 Å². The SMILES string of the molecule is CC1CCCC1C(=O)NCc1cccc(CCl)c1. The molecule has 1 aliphatic carbocycles. The minimum atomic E-state index is 0.205. The van der Waals surface area contributed by atoms with E-state index in [1.807, 2.05) is 24.3 Å². The Hall–Kier alpha value is -1.02. The molecule has 3 heteroatoms. The van der Waals surface area contributed by atoms with Crippen LogP contribution in [0.3, 0.4) is 0 Å². The van der Waals surface area contributed by atoms with Gasteiger partial charge < -0.3 is 5.32 Å². The molecule has 2 rings (SSSR count). The lowest BCUT2D eigenvalue weighted by molar-refractivity contribution is -0.126. The van der Waals surface area contributed by atoms with Gasteiger partial charge in [0.05, 0.1) is 0 Å². The van der Waals surface area contributed by atoms with Crippen LogP contribution >= 0.6 is 11.6 Å². The molecule has 2 unspecified atom stereocenters. The van der Waals surface area contributed by atoms with Crippen molar-refractivity contribution in [1.82, 2.24) is 5.32 Å². The predicted molar refractivity (Wildman–Crippen MR) is 74.4 cm³/mol. The summed E-state index contributed by atoms with van der Waals surface area (Å²) >= 11 is 5.80. The Labute approximate surface area is 114 Å². The highest BCUT2D eigenvalue weighted by Gasteiger charge is 2.29. The van der Waals surface area contributed by atoms with Crippen LogP contribution in [-0.4, -0.2) is 5.91 Å². The molecule has 18 heavy (non-hydrogen) atoms. The van der Waals surface area contributed by atoms with Gasteiger partial charge in [-0.1, -0.05) is 37.6 Å². The third-order valence-corrected chi connectivity index (χ3v) is 4.12. The fourth-order valence-corrected chi connectivity index (χ4v) is 2.84. The smallest absolute Gasteiger partial charge is 0.223 e. The molecule has 2 atom stereocenters. The molecule has 0 radical (unpaired) electrons. The Morgan fingerprint density at radius 1 is 1.39 bits per heavy atom. The van der Waals surface area contributed by atoms with E-state index in [4.69, 9.17) is 11.6 Å². The summed E-state index contributed by atoms with van der Waals surface area (Å²) in [6, 6.07) is 8.05. The first kappa shape index (κ1) is 13.4. The van der Waals surface area contributed by atoms with Gasteiger partial charge in [-0.3, -0.25) is 4.79 Å². The minimum Gasteiger partial charge on any atom is -0.352 e. The molecule has 1 aromatic rings. The van der Waals surface area contributed by atoms with Crippen molar-refractivity contribution in [3.8, 4) is 0 Å². The maximum absolute atomic E-state index is 12.0. The summed E-state index contributed by atoms with van der Waals surface area (Å²) in [6.45, 7) is 2.78. The van der Waals surface area contributed by atoms with E-state index in [2.05, 4.69) is 12.2 Å². The van der Waals surface area contributed by atoms with Gasteiger partial charge in [-0.05, 0) is 29.9 Å². The Kier molecular flexibility index (Phi) is 4.65. The summed E-state index contributed by atoms with van der Waals surface area (Å²) in [4.78, 5) is 12.0. The second kappa shape index (κ2) is 6.24. The number of amides is 1. The van der Waals surface area contributed by atoms with Crippen molar-refractivity contribution in [3.05, 3.63) is 35.4 Å². The van der Waals surface area contributed by atoms with E-state index in [1.54, 1.807) is 0 Å². The molecule has 2 nitrogen and oxygen atoms in total. The van der Waals surface area contributed by atoms with Crippen molar-refractivity contribution in [2.45, 2.75) is 38.6 Å². The molecule has 1 saturated carbocycles. The zero-order valence-electron chi connectivity index (χ0n) is 10.8. The molecular formula is C15H20ClNO. The van der Waals surface area contributed by atoms with E-state index in [1.165, 1.54) is 12.8 Å². The third kappa shape index (κ3) is 3.26. The number of carbonyl (C=O) groups excluding carboxylic acids is 1. The second-order valence-electron chi connectivity index (χ2n) is 5.19. The Morgan fingerprint density at radius 3 is 2.83 bits per heavy atom. The highest BCUT2D eigenvalue weighted by atomic mass is 35.5. The van der Waals surface area contributed by atoms with Crippen LogP contribution in [-0.2, 0) is 17.2 Å². The van der Waals surface area contributed by atoms with Crippen LogP contribution in [0.4, 0.5) is 0 Å². The first-order valence-electron chi connectivity index (χ1n) is 6.62. The lowest BCUT2D eigenvalue weighted by Crippen LogP contribution is -2.31. The molecule has 0 aromatic heterocycles. The van der Waals surface area contributed by atoms with Gasteiger partial charge >= 0.3 is 0 Å². The first-order chi connectivity index (χ1) is 8.70. The number of nitrogens with one attached hydrogen (secondary N) is 1. The van der Waals surface area contributed by atoms with Gasteiger partial charge in [-0.25, -0.2) is 0 Å². The van der Waals surface area contributed by atoms with Crippen LogP contribution in [0.1, 0.15) is 37.3 Å². The van der Waals surface area contributed by atoms with Gasteiger partial charge in [-0.15, -0.1) is 11.6 Å². The summed E-state index contributed by atoms with van der Waals surface area (Å²) in [5.41, 5.74) is 2.21. The quantitative estimate of drug-likeness (QED) is 0.830. The molecule has 1 fully saturated rings. The standard InChI is InChI=1S/C15H20ClNO/c1-11-4-2-7-14(11)15(18)17-10-13-6-3-5-12(8-13)9-16/h3,5-6,8,11,14H,2,4,7,9-10H2,1H3,(H,17,18). The van der Waals surface area contributed by atoms with Crippen molar-refractivity contribution >= 4 is 17.5 Å². The van der Waals surface area contributed by atoms with Crippen molar-refractivity contribution in [2.24, 2.45) is 11.8 Å². The molecule has 98 valence electrons. The average molecular weight is 266 g/mol. The lowest BCUT2D eigenvalue weighted by atomic mass is 9.97. The minimum absolute atomic E-state index is 0.205. The Morgan fingerprint density at radius 2 is 2.17 bits per heavy atom. The summed E-state index contributed by atoms with van der Waals surface area (Å²) < 4.78 is 0. The number of benzene rings is 1. The highest BCUT2D eigenvalue weighted by Crippen LogP contribution is 2.31. The topological polar surface area (TPSA) is 29.1 Å². The normalized spacial score (nSPS) is 23.0. The summed E-state index contributed by atoms with van der Waals surface area (Å²) in [7, 11) is 0. The molecular weight excluding hydrogens is 246 g/mol. The molecule has 1 amide bonds. The zero-order valence-corrected chi connectivity index (χ0v) is 11.5. The van der Waals surface area contributed by atoms with Crippen molar-refractivity contribution < 1.29 is 4.79 Å². The number of hydrogen-bond acceptors (Lipinski definition) is 1. The Bertz CT molecular complexity index is 419. The fourth-order valence-electron chi connectivity index (χ4n) is 2.68. The molecule has 1 aliphatic rings. The largest absolute Gasteiger partial charge is 0.352 e. The number of carbonyl (C=O) groups is 1. The van der Waals surface area contributed by atoms with E-state index in [0.29, 0.717) is 18.3 Å². The second-order valence-corrected chi connectivity index (χ2v) is 5.45. The third-order valence-electron chi connectivity index (χ3n) is 3.81. The molecule has 1 aromatic carbocycles. The van der Waals surface area contributed by atoms with Gasteiger partial charge in [0.1, 0.15) is 0 Å². The zero-order chi connectivity index (χ0) is 13.0. The van der Waals surface area contributed by atoms with Gasteiger partial charge in [0.15, 0.2) is 0 Å². The van der Waals surface area contributed by atoms with Crippen LogP contribution < -0.4 is 5.32 Å². The van der Waals surface area contributed by atoms with Crippen LogP contribution in [0.15, 0.2) is 24.3 Å². The van der Waals surface area contributed by atoms with E-state index in [0.717, 1.165) is 17.5 Å². The van der Waals surface area contributed by atoms with Gasteiger partial charge in [0.2, 0.25) is 5.91 Å². The van der Waals surface area contributed by atoms with Crippen LogP contribution in [0.2, 0.25) is 0 Å². The van der Waals surface area contributed by atoms with Crippen molar-refractivity contribution in [3.63, 3.8) is 0 Å². The molecule has 1 N–H and O–H groups in total. The number of hydrogen-bond donors (Lipinski definition) is 1. The molecule has 0 bridgehead atoms. The predicted octanol–water partition coefficient (Wildman–Crippen LogP) is 3.48. The lowest BCUT2D eigenvalue weighted by Gasteiger charge is -2.15.